The molecule has 4 heteroatoms. The van der Waals surface area contributed by atoms with Gasteiger partial charge in [0, 0.05) is 30.4 Å². The minimum atomic E-state index is 0.599. The van der Waals surface area contributed by atoms with Gasteiger partial charge in [0.05, 0.1) is 6.20 Å². The summed E-state index contributed by atoms with van der Waals surface area (Å²) in [5.74, 6) is 0.736. The van der Waals surface area contributed by atoms with Crippen LogP contribution >= 0.6 is 0 Å². The van der Waals surface area contributed by atoms with Crippen molar-refractivity contribution in [3.8, 4) is 0 Å². The third-order valence-corrected chi connectivity index (χ3v) is 3.10. The van der Waals surface area contributed by atoms with Crippen molar-refractivity contribution in [1.29, 1.82) is 0 Å². The topological polar surface area (TPSA) is 44.0 Å². The van der Waals surface area contributed by atoms with Gasteiger partial charge in [0.1, 0.15) is 0 Å². The quantitative estimate of drug-likeness (QED) is 0.761. The van der Waals surface area contributed by atoms with E-state index in [0.717, 1.165) is 24.7 Å². The lowest BCUT2D eigenvalue weighted by Crippen LogP contribution is -2.38. The van der Waals surface area contributed by atoms with Gasteiger partial charge in [0.15, 0.2) is 0 Å². The Labute approximate surface area is 105 Å². The second kappa shape index (κ2) is 6.77. The van der Waals surface area contributed by atoms with Crippen LogP contribution in [0.5, 0.6) is 0 Å². The van der Waals surface area contributed by atoms with Crippen LogP contribution in [0.2, 0.25) is 0 Å². The summed E-state index contributed by atoms with van der Waals surface area (Å²) in [5.41, 5.74) is 2.41. The third kappa shape index (κ3) is 4.88. The van der Waals surface area contributed by atoms with E-state index in [1.807, 2.05) is 6.20 Å². The zero-order valence-corrected chi connectivity index (χ0v) is 11.7. The van der Waals surface area contributed by atoms with Gasteiger partial charge < -0.3 is 10.2 Å². The van der Waals surface area contributed by atoms with Gasteiger partial charge in [-0.2, -0.15) is 5.10 Å². The molecule has 4 nitrogen and oxygen atoms in total. The summed E-state index contributed by atoms with van der Waals surface area (Å²) >= 11 is 0. The van der Waals surface area contributed by atoms with Crippen molar-refractivity contribution in [2.24, 2.45) is 5.92 Å². The van der Waals surface area contributed by atoms with Gasteiger partial charge in [-0.05, 0) is 33.4 Å². The number of rotatable bonds is 7. The fourth-order valence-electron chi connectivity index (χ4n) is 1.95. The van der Waals surface area contributed by atoms with Crippen LogP contribution in [0.15, 0.2) is 6.20 Å². The molecule has 0 radical (unpaired) electrons. The number of hydrogen-bond donors (Lipinski definition) is 2. The Bertz CT molecular complexity index is 317. The lowest BCUT2D eigenvalue weighted by Gasteiger charge is -2.26. The van der Waals surface area contributed by atoms with Gasteiger partial charge >= 0.3 is 0 Å². The van der Waals surface area contributed by atoms with Crippen LogP contribution in [0.1, 0.15) is 31.5 Å². The first-order valence-electron chi connectivity index (χ1n) is 6.36. The first-order chi connectivity index (χ1) is 8.00. The van der Waals surface area contributed by atoms with Gasteiger partial charge in [0.2, 0.25) is 0 Å². The molecule has 0 aliphatic rings. The fraction of sp³-hybridized carbons (Fsp3) is 0.769. The number of nitrogens with one attached hydrogen (secondary N) is 2. The molecular weight excluding hydrogens is 212 g/mol. The summed E-state index contributed by atoms with van der Waals surface area (Å²) in [6, 6.07) is 0.599. The van der Waals surface area contributed by atoms with Crippen molar-refractivity contribution in [1.82, 2.24) is 20.4 Å². The Morgan fingerprint density at radius 1 is 1.41 bits per heavy atom. The highest BCUT2D eigenvalue weighted by atomic mass is 15.1. The summed E-state index contributed by atoms with van der Waals surface area (Å²) < 4.78 is 0. The Balaban J connectivity index is 2.34. The van der Waals surface area contributed by atoms with Crippen molar-refractivity contribution < 1.29 is 0 Å². The summed E-state index contributed by atoms with van der Waals surface area (Å²) in [5, 5.41) is 10.5. The smallest absolute Gasteiger partial charge is 0.0535 e. The minimum Gasteiger partial charge on any atom is -0.311 e. The number of H-pyrrole nitrogens is 1. The summed E-state index contributed by atoms with van der Waals surface area (Å²) in [6.45, 7) is 8.52. The SMILES string of the molecule is Cc1[nH]ncc1CNCC(CC(C)C)N(C)C. The maximum Gasteiger partial charge on any atom is 0.0535 e. The molecule has 2 N–H and O–H groups in total. The molecule has 0 aliphatic carbocycles. The normalized spacial score (nSPS) is 13.6. The summed E-state index contributed by atoms with van der Waals surface area (Å²) in [6.07, 6.45) is 3.12. The summed E-state index contributed by atoms with van der Waals surface area (Å²) in [7, 11) is 4.30. The molecule has 0 aromatic carbocycles. The van der Waals surface area contributed by atoms with Crippen molar-refractivity contribution in [2.75, 3.05) is 20.6 Å². The van der Waals surface area contributed by atoms with Crippen molar-refractivity contribution >= 4 is 0 Å². The fourth-order valence-corrected chi connectivity index (χ4v) is 1.95. The molecule has 1 aromatic heterocycles. The highest BCUT2D eigenvalue weighted by Gasteiger charge is 2.12. The highest BCUT2D eigenvalue weighted by Crippen LogP contribution is 2.08. The largest absolute Gasteiger partial charge is 0.311 e. The van der Waals surface area contributed by atoms with Crippen LogP contribution in [0.4, 0.5) is 0 Å². The molecule has 0 amide bonds. The first-order valence-corrected chi connectivity index (χ1v) is 6.36. The Morgan fingerprint density at radius 2 is 2.12 bits per heavy atom. The lowest BCUT2D eigenvalue weighted by molar-refractivity contribution is 0.246. The molecule has 1 heterocycles. The average Bonchev–Trinajstić information content (AvgIpc) is 2.62. The second-order valence-electron chi connectivity index (χ2n) is 5.40. The third-order valence-electron chi connectivity index (χ3n) is 3.10. The molecule has 0 aliphatic heterocycles. The lowest BCUT2D eigenvalue weighted by atomic mass is 10.0. The van der Waals surface area contributed by atoms with E-state index in [1.54, 1.807) is 0 Å². The van der Waals surface area contributed by atoms with E-state index in [1.165, 1.54) is 12.0 Å². The van der Waals surface area contributed by atoms with E-state index in [0.29, 0.717) is 6.04 Å². The van der Waals surface area contributed by atoms with Crippen LogP contribution in [-0.4, -0.2) is 41.8 Å². The number of nitrogens with zero attached hydrogens (tertiary/aromatic N) is 2. The van der Waals surface area contributed by atoms with E-state index >= 15 is 0 Å². The maximum atomic E-state index is 4.03. The molecule has 1 aromatic rings. The number of likely N-dealkylation sites (N-methyl/N-ethyl adjacent to an activating group) is 1. The molecule has 0 saturated heterocycles. The number of aryl methyl sites for hydroxylation is 1. The molecule has 17 heavy (non-hydrogen) atoms. The van der Waals surface area contributed by atoms with Gasteiger partial charge in [0.25, 0.3) is 0 Å². The van der Waals surface area contributed by atoms with Gasteiger partial charge in [-0.1, -0.05) is 13.8 Å². The van der Waals surface area contributed by atoms with Crippen molar-refractivity contribution in [3.63, 3.8) is 0 Å². The Morgan fingerprint density at radius 3 is 2.59 bits per heavy atom. The predicted octanol–water partition coefficient (Wildman–Crippen LogP) is 1.78. The zero-order chi connectivity index (χ0) is 12.8. The number of aromatic nitrogens is 2. The van der Waals surface area contributed by atoms with Gasteiger partial charge in [-0.3, -0.25) is 5.10 Å². The van der Waals surface area contributed by atoms with E-state index < -0.39 is 0 Å². The average molecular weight is 238 g/mol. The molecule has 0 bridgehead atoms. The van der Waals surface area contributed by atoms with Gasteiger partial charge in [-0.25, -0.2) is 0 Å². The van der Waals surface area contributed by atoms with E-state index in [2.05, 4.69) is 55.3 Å². The molecular formula is C13H26N4. The van der Waals surface area contributed by atoms with Gasteiger partial charge in [-0.15, -0.1) is 0 Å². The molecule has 1 rings (SSSR count). The van der Waals surface area contributed by atoms with Crippen LogP contribution in [-0.2, 0) is 6.54 Å². The van der Waals surface area contributed by atoms with Crippen LogP contribution in [0, 0.1) is 12.8 Å². The molecule has 1 atom stereocenters. The standard InChI is InChI=1S/C13H26N4/c1-10(2)6-13(17(4)5)9-14-7-12-8-15-16-11(12)3/h8,10,13-14H,6-7,9H2,1-5H3,(H,15,16). The van der Waals surface area contributed by atoms with Crippen molar-refractivity contribution in [2.45, 2.75) is 39.8 Å². The maximum absolute atomic E-state index is 4.03. The van der Waals surface area contributed by atoms with Crippen molar-refractivity contribution in [3.05, 3.63) is 17.5 Å². The van der Waals surface area contributed by atoms with E-state index in [9.17, 15) is 0 Å². The van der Waals surface area contributed by atoms with E-state index in [4.69, 9.17) is 0 Å². The predicted molar refractivity (Wildman–Crippen MR) is 72.0 cm³/mol. The Hall–Kier alpha value is -0.870. The monoisotopic (exact) mass is 238 g/mol. The number of hydrogen-bond acceptors (Lipinski definition) is 3. The van der Waals surface area contributed by atoms with Crippen LogP contribution in [0.25, 0.3) is 0 Å². The van der Waals surface area contributed by atoms with E-state index in [-0.39, 0.29) is 0 Å². The minimum absolute atomic E-state index is 0.599. The molecule has 98 valence electrons. The Kier molecular flexibility index (Phi) is 5.65. The highest BCUT2D eigenvalue weighted by molar-refractivity contribution is 5.13. The molecule has 0 fully saturated rings. The summed E-state index contributed by atoms with van der Waals surface area (Å²) in [4.78, 5) is 2.30. The number of aromatic amines is 1. The molecule has 1 unspecified atom stereocenters. The molecule has 0 saturated carbocycles. The first kappa shape index (κ1) is 14.2. The second-order valence-corrected chi connectivity index (χ2v) is 5.40. The molecule has 0 spiro atoms. The van der Waals surface area contributed by atoms with Crippen LogP contribution < -0.4 is 5.32 Å². The van der Waals surface area contributed by atoms with Crippen LogP contribution in [0.3, 0.4) is 0 Å². The zero-order valence-electron chi connectivity index (χ0n) is 11.7.